The zero-order valence-corrected chi connectivity index (χ0v) is 19.3. The van der Waals surface area contributed by atoms with Gasteiger partial charge in [-0.05, 0) is 79.4 Å². The van der Waals surface area contributed by atoms with E-state index in [1.807, 2.05) is 63.2 Å². The molecule has 5 nitrogen and oxygen atoms in total. The van der Waals surface area contributed by atoms with Crippen LogP contribution in [0.15, 0.2) is 71.6 Å². The third-order valence-corrected chi connectivity index (χ3v) is 6.94. The Morgan fingerprint density at radius 1 is 0.935 bits per heavy atom. The fraction of sp³-hybridized carbons (Fsp3) is 0.208. The number of carbonyl (C=O) groups excluding carboxylic acids is 1. The largest absolute Gasteiger partial charge is 0.325 e. The van der Waals surface area contributed by atoms with Gasteiger partial charge in [-0.15, -0.1) is 0 Å². The number of hydrogen-bond acceptors (Lipinski definition) is 3. The second-order valence-corrected chi connectivity index (χ2v) is 9.95. The standard InChI is InChI=1S/C24H25ClN2O3S/c1-17-12-18(2)14-22(13-17)26-24(28)16-27(15-20-7-5-4-6-19(20)3)31(29,30)23-10-8-21(25)9-11-23/h4-14H,15-16H2,1-3H3,(H,26,28). The predicted molar refractivity (Wildman–Crippen MR) is 125 cm³/mol. The quantitative estimate of drug-likeness (QED) is 0.538. The van der Waals surface area contributed by atoms with E-state index >= 15 is 0 Å². The van der Waals surface area contributed by atoms with Crippen LogP contribution < -0.4 is 5.32 Å². The van der Waals surface area contributed by atoms with Gasteiger partial charge in [0.1, 0.15) is 0 Å². The van der Waals surface area contributed by atoms with E-state index in [1.54, 1.807) is 0 Å². The van der Waals surface area contributed by atoms with Crippen molar-refractivity contribution in [2.45, 2.75) is 32.2 Å². The average molecular weight is 457 g/mol. The van der Waals surface area contributed by atoms with Crippen molar-refractivity contribution in [1.82, 2.24) is 4.31 Å². The number of halogens is 1. The maximum atomic E-state index is 13.4. The first kappa shape index (κ1) is 23.0. The van der Waals surface area contributed by atoms with Gasteiger partial charge in [-0.1, -0.05) is 41.9 Å². The smallest absolute Gasteiger partial charge is 0.243 e. The lowest BCUT2D eigenvalue weighted by Crippen LogP contribution is -2.37. The van der Waals surface area contributed by atoms with Crippen LogP contribution in [0, 0.1) is 20.8 Å². The summed E-state index contributed by atoms with van der Waals surface area (Å²) in [6.45, 7) is 5.57. The van der Waals surface area contributed by atoms with E-state index in [9.17, 15) is 13.2 Å². The number of sulfonamides is 1. The molecule has 0 unspecified atom stereocenters. The number of nitrogens with zero attached hydrogens (tertiary/aromatic N) is 1. The van der Waals surface area contributed by atoms with E-state index in [-0.39, 0.29) is 18.0 Å². The second kappa shape index (κ2) is 9.64. The summed E-state index contributed by atoms with van der Waals surface area (Å²) < 4.78 is 27.9. The topological polar surface area (TPSA) is 66.5 Å². The highest BCUT2D eigenvalue weighted by Crippen LogP contribution is 2.22. The molecule has 3 rings (SSSR count). The molecule has 0 saturated heterocycles. The van der Waals surface area contributed by atoms with Gasteiger partial charge in [-0.25, -0.2) is 8.42 Å². The summed E-state index contributed by atoms with van der Waals surface area (Å²) in [5, 5.41) is 3.26. The Balaban J connectivity index is 1.90. The number of aryl methyl sites for hydroxylation is 3. The van der Waals surface area contributed by atoms with Crippen molar-refractivity contribution in [2.75, 3.05) is 11.9 Å². The summed E-state index contributed by atoms with van der Waals surface area (Å²) >= 11 is 5.92. The average Bonchev–Trinajstić information content (AvgIpc) is 2.68. The van der Waals surface area contributed by atoms with Crippen molar-refractivity contribution in [3.63, 3.8) is 0 Å². The Hall–Kier alpha value is -2.67. The Kier molecular flexibility index (Phi) is 7.15. The minimum absolute atomic E-state index is 0.0812. The highest BCUT2D eigenvalue weighted by atomic mass is 35.5. The third kappa shape index (κ3) is 5.94. The number of nitrogens with one attached hydrogen (secondary N) is 1. The van der Waals surface area contributed by atoms with Crippen LogP contribution in [0.1, 0.15) is 22.3 Å². The first-order valence-corrected chi connectivity index (χ1v) is 11.7. The van der Waals surface area contributed by atoms with Crippen molar-refractivity contribution in [2.24, 2.45) is 0 Å². The molecule has 1 amide bonds. The number of hydrogen-bond donors (Lipinski definition) is 1. The molecule has 31 heavy (non-hydrogen) atoms. The fourth-order valence-electron chi connectivity index (χ4n) is 3.37. The molecular formula is C24H25ClN2O3S. The molecule has 0 heterocycles. The molecule has 0 aromatic heterocycles. The van der Waals surface area contributed by atoms with Crippen LogP contribution in [-0.4, -0.2) is 25.2 Å². The number of amides is 1. The molecule has 0 saturated carbocycles. The van der Waals surface area contributed by atoms with Crippen LogP contribution in [0.4, 0.5) is 5.69 Å². The molecule has 1 N–H and O–H groups in total. The van der Waals surface area contributed by atoms with E-state index in [1.165, 1.54) is 28.6 Å². The van der Waals surface area contributed by atoms with E-state index in [0.717, 1.165) is 22.3 Å². The van der Waals surface area contributed by atoms with Crippen LogP contribution >= 0.6 is 11.6 Å². The molecule has 0 bridgehead atoms. The highest BCUT2D eigenvalue weighted by Gasteiger charge is 2.27. The molecule has 3 aromatic carbocycles. The first-order valence-electron chi connectivity index (χ1n) is 9.83. The molecule has 0 aliphatic heterocycles. The lowest BCUT2D eigenvalue weighted by molar-refractivity contribution is -0.116. The summed E-state index contributed by atoms with van der Waals surface area (Å²) in [6, 6.07) is 19.2. The molecule has 0 aliphatic rings. The zero-order valence-electron chi connectivity index (χ0n) is 17.7. The molecule has 162 valence electrons. The molecule has 0 atom stereocenters. The van der Waals surface area contributed by atoms with Crippen molar-refractivity contribution in [1.29, 1.82) is 0 Å². The molecule has 0 fully saturated rings. The van der Waals surface area contributed by atoms with Crippen LogP contribution in [-0.2, 0) is 21.4 Å². The van der Waals surface area contributed by atoms with Gasteiger partial charge in [-0.2, -0.15) is 4.31 Å². The van der Waals surface area contributed by atoms with Gasteiger partial charge < -0.3 is 5.32 Å². The summed E-state index contributed by atoms with van der Waals surface area (Å²) in [4.78, 5) is 12.9. The Morgan fingerprint density at radius 2 is 1.55 bits per heavy atom. The fourth-order valence-corrected chi connectivity index (χ4v) is 4.87. The van der Waals surface area contributed by atoms with Gasteiger partial charge in [0, 0.05) is 17.3 Å². The second-order valence-electron chi connectivity index (χ2n) is 7.58. The third-order valence-electron chi connectivity index (χ3n) is 4.88. The number of rotatable bonds is 7. The first-order chi connectivity index (χ1) is 14.6. The maximum Gasteiger partial charge on any atom is 0.243 e. The Labute approximate surface area is 188 Å². The Morgan fingerprint density at radius 3 is 2.16 bits per heavy atom. The monoisotopic (exact) mass is 456 g/mol. The van der Waals surface area contributed by atoms with Crippen LogP contribution in [0.2, 0.25) is 5.02 Å². The van der Waals surface area contributed by atoms with Gasteiger partial charge in [0.2, 0.25) is 15.9 Å². The molecular weight excluding hydrogens is 432 g/mol. The summed E-state index contributed by atoms with van der Waals surface area (Å²) in [6.07, 6.45) is 0. The molecule has 0 radical (unpaired) electrons. The number of anilines is 1. The van der Waals surface area contributed by atoms with Crippen LogP contribution in [0.3, 0.4) is 0 Å². The SMILES string of the molecule is Cc1cc(C)cc(NC(=O)CN(Cc2ccccc2C)S(=O)(=O)c2ccc(Cl)cc2)c1. The normalized spacial score (nSPS) is 11.5. The summed E-state index contributed by atoms with van der Waals surface area (Å²) in [5.74, 6) is -0.406. The Bertz CT molecular complexity index is 1170. The lowest BCUT2D eigenvalue weighted by atomic mass is 10.1. The molecule has 3 aromatic rings. The van der Waals surface area contributed by atoms with Crippen molar-refractivity contribution in [3.05, 3.63) is 94.0 Å². The summed E-state index contributed by atoms with van der Waals surface area (Å²) in [5.41, 5.74) is 4.46. The molecule has 0 aliphatic carbocycles. The van der Waals surface area contributed by atoms with Gasteiger partial charge in [0.05, 0.1) is 11.4 Å². The molecule has 0 spiro atoms. The van der Waals surface area contributed by atoms with Crippen LogP contribution in [0.25, 0.3) is 0 Å². The van der Waals surface area contributed by atoms with E-state index in [2.05, 4.69) is 5.32 Å². The van der Waals surface area contributed by atoms with Gasteiger partial charge in [-0.3, -0.25) is 4.79 Å². The minimum atomic E-state index is -3.92. The zero-order chi connectivity index (χ0) is 22.6. The minimum Gasteiger partial charge on any atom is -0.325 e. The summed E-state index contributed by atoms with van der Waals surface area (Å²) in [7, 11) is -3.92. The van der Waals surface area contributed by atoms with Crippen LogP contribution in [0.5, 0.6) is 0 Å². The van der Waals surface area contributed by atoms with E-state index in [0.29, 0.717) is 10.7 Å². The van der Waals surface area contributed by atoms with Crippen molar-refractivity contribution < 1.29 is 13.2 Å². The van der Waals surface area contributed by atoms with Gasteiger partial charge >= 0.3 is 0 Å². The maximum absolute atomic E-state index is 13.4. The van der Waals surface area contributed by atoms with E-state index in [4.69, 9.17) is 11.6 Å². The van der Waals surface area contributed by atoms with Crippen molar-refractivity contribution >= 4 is 33.2 Å². The van der Waals surface area contributed by atoms with Gasteiger partial charge in [0.15, 0.2) is 0 Å². The number of carbonyl (C=O) groups is 1. The predicted octanol–water partition coefficient (Wildman–Crippen LogP) is 5.09. The molecule has 7 heteroatoms. The van der Waals surface area contributed by atoms with E-state index < -0.39 is 15.9 Å². The number of benzene rings is 3. The lowest BCUT2D eigenvalue weighted by Gasteiger charge is -2.23. The van der Waals surface area contributed by atoms with Gasteiger partial charge in [0.25, 0.3) is 0 Å². The highest BCUT2D eigenvalue weighted by molar-refractivity contribution is 7.89. The van der Waals surface area contributed by atoms with Crippen molar-refractivity contribution in [3.8, 4) is 0 Å².